The molecule has 1 aliphatic rings. The Morgan fingerprint density at radius 1 is 1.16 bits per heavy atom. The third-order valence-electron chi connectivity index (χ3n) is 3.88. The van der Waals surface area contributed by atoms with Gasteiger partial charge in [-0.15, -0.1) is 0 Å². The Morgan fingerprint density at radius 2 is 1.89 bits per heavy atom. The zero-order valence-electron chi connectivity index (χ0n) is 11.8. The minimum absolute atomic E-state index is 0.453. The molecule has 1 unspecified atom stereocenters. The Balaban J connectivity index is 2.04. The van der Waals surface area contributed by atoms with Crippen molar-refractivity contribution in [1.29, 1.82) is 0 Å². The molecule has 0 radical (unpaired) electrons. The van der Waals surface area contributed by atoms with Crippen LogP contribution in [0.25, 0.3) is 11.6 Å². The van der Waals surface area contributed by atoms with Gasteiger partial charge in [-0.2, -0.15) is 0 Å². The third kappa shape index (κ3) is 2.25. The average molecular weight is 252 g/mol. The van der Waals surface area contributed by atoms with Gasteiger partial charge in [0.05, 0.1) is 0 Å². The number of hydrogen-bond acceptors (Lipinski definition) is 1. The normalized spacial score (nSPS) is 18.3. The van der Waals surface area contributed by atoms with E-state index in [2.05, 4.69) is 63.2 Å². The Hall–Kier alpha value is -1.76. The van der Waals surface area contributed by atoms with E-state index in [1.807, 2.05) is 0 Å². The SMILES string of the molecule is CC1Cc2cc(C(C)C)oc2C=C1c1ccccc1. The standard InChI is InChI=1S/C18H20O/c1-12(2)17-10-15-9-13(3)16(11-18(15)19-17)14-7-5-4-6-8-14/h4-8,10-13H,9H2,1-3H3. The molecule has 0 bridgehead atoms. The summed E-state index contributed by atoms with van der Waals surface area (Å²) >= 11 is 0. The average Bonchev–Trinajstić information content (AvgIpc) is 2.82. The van der Waals surface area contributed by atoms with E-state index in [1.54, 1.807) is 0 Å². The van der Waals surface area contributed by atoms with Gasteiger partial charge in [0.25, 0.3) is 0 Å². The van der Waals surface area contributed by atoms with Crippen LogP contribution in [0.2, 0.25) is 0 Å². The molecule has 1 aliphatic carbocycles. The highest BCUT2D eigenvalue weighted by Gasteiger charge is 2.22. The molecule has 1 nitrogen and oxygen atoms in total. The first kappa shape index (κ1) is 12.3. The summed E-state index contributed by atoms with van der Waals surface area (Å²) in [6.07, 6.45) is 3.30. The van der Waals surface area contributed by atoms with Crippen LogP contribution in [0.5, 0.6) is 0 Å². The van der Waals surface area contributed by atoms with Gasteiger partial charge in [-0.05, 0) is 41.2 Å². The summed E-state index contributed by atoms with van der Waals surface area (Å²) in [5.74, 6) is 3.16. The van der Waals surface area contributed by atoms with E-state index in [1.165, 1.54) is 16.7 Å². The van der Waals surface area contributed by atoms with Crippen molar-refractivity contribution in [3.63, 3.8) is 0 Å². The summed E-state index contributed by atoms with van der Waals surface area (Å²) < 4.78 is 5.99. The molecule has 0 aliphatic heterocycles. The Labute approximate surface area is 115 Å². The maximum atomic E-state index is 5.99. The molecule has 0 spiro atoms. The van der Waals surface area contributed by atoms with Crippen LogP contribution in [0.4, 0.5) is 0 Å². The minimum Gasteiger partial charge on any atom is -0.461 e. The summed E-state index contributed by atoms with van der Waals surface area (Å²) in [6, 6.07) is 12.8. The van der Waals surface area contributed by atoms with Gasteiger partial charge in [0.1, 0.15) is 11.5 Å². The molecule has 1 heterocycles. The molecule has 0 amide bonds. The fraction of sp³-hybridized carbons (Fsp3) is 0.333. The van der Waals surface area contributed by atoms with Crippen LogP contribution in [0.15, 0.2) is 40.8 Å². The van der Waals surface area contributed by atoms with Crippen LogP contribution in [0, 0.1) is 5.92 Å². The van der Waals surface area contributed by atoms with E-state index in [0.29, 0.717) is 11.8 Å². The number of rotatable bonds is 2. The molecule has 1 heteroatoms. The van der Waals surface area contributed by atoms with Crippen LogP contribution < -0.4 is 0 Å². The first-order chi connectivity index (χ1) is 9.15. The fourth-order valence-corrected chi connectivity index (χ4v) is 2.75. The van der Waals surface area contributed by atoms with Crippen molar-refractivity contribution in [1.82, 2.24) is 0 Å². The number of allylic oxidation sites excluding steroid dienone is 1. The first-order valence-electron chi connectivity index (χ1n) is 7.04. The predicted molar refractivity (Wildman–Crippen MR) is 80.0 cm³/mol. The molecule has 0 saturated carbocycles. The Bertz CT molecular complexity index is 602. The van der Waals surface area contributed by atoms with Crippen molar-refractivity contribution in [3.8, 4) is 0 Å². The van der Waals surface area contributed by atoms with Gasteiger partial charge in [0.2, 0.25) is 0 Å². The maximum Gasteiger partial charge on any atom is 0.130 e. The molecular formula is C18H20O. The second-order valence-corrected chi connectivity index (χ2v) is 5.76. The highest BCUT2D eigenvalue weighted by Crippen LogP contribution is 2.37. The number of hydrogen-bond donors (Lipinski definition) is 0. The second kappa shape index (κ2) is 4.73. The summed E-state index contributed by atoms with van der Waals surface area (Å²) in [6.45, 7) is 6.65. The van der Waals surface area contributed by atoms with Crippen molar-refractivity contribution in [3.05, 3.63) is 59.0 Å². The number of furan rings is 1. The van der Waals surface area contributed by atoms with E-state index >= 15 is 0 Å². The first-order valence-corrected chi connectivity index (χ1v) is 7.04. The van der Waals surface area contributed by atoms with E-state index in [0.717, 1.165) is 17.9 Å². The maximum absolute atomic E-state index is 5.99. The molecule has 1 aromatic heterocycles. The summed E-state index contributed by atoms with van der Waals surface area (Å²) in [5, 5.41) is 0. The molecule has 3 rings (SSSR count). The smallest absolute Gasteiger partial charge is 0.130 e. The van der Waals surface area contributed by atoms with Crippen molar-refractivity contribution in [2.24, 2.45) is 5.92 Å². The molecule has 19 heavy (non-hydrogen) atoms. The quantitative estimate of drug-likeness (QED) is 0.721. The molecule has 0 saturated heterocycles. The topological polar surface area (TPSA) is 13.1 Å². The van der Waals surface area contributed by atoms with Crippen molar-refractivity contribution in [2.75, 3.05) is 0 Å². The van der Waals surface area contributed by atoms with Gasteiger partial charge in [0, 0.05) is 5.92 Å². The monoisotopic (exact) mass is 252 g/mol. The molecule has 1 atom stereocenters. The van der Waals surface area contributed by atoms with Crippen molar-refractivity contribution in [2.45, 2.75) is 33.1 Å². The largest absolute Gasteiger partial charge is 0.461 e. The van der Waals surface area contributed by atoms with Gasteiger partial charge < -0.3 is 4.42 Å². The Morgan fingerprint density at radius 3 is 2.58 bits per heavy atom. The molecular weight excluding hydrogens is 232 g/mol. The second-order valence-electron chi connectivity index (χ2n) is 5.76. The fourth-order valence-electron chi connectivity index (χ4n) is 2.75. The molecule has 0 N–H and O–H groups in total. The molecule has 2 aromatic rings. The van der Waals surface area contributed by atoms with E-state index in [9.17, 15) is 0 Å². The highest BCUT2D eigenvalue weighted by atomic mass is 16.3. The summed E-state index contributed by atoms with van der Waals surface area (Å²) in [4.78, 5) is 0. The zero-order chi connectivity index (χ0) is 13.4. The molecule has 1 aromatic carbocycles. The van der Waals surface area contributed by atoms with Gasteiger partial charge in [-0.25, -0.2) is 0 Å². The number of fused-ring (bicyclic) bond motifs is 1. The van der Waals surface area contributed by atoms with Gasteiger partial charge in [-0.3, -0.25) is 0 Å². The van der Waals surface area contributed by atoms with Crippen LogP contribution in [0.1, 0.15) is 49.3 Å². The lowest BCUT2D eigenvalue weighted by molar-refractivity contribution is 0.475. The lowest BCUT2D eigenvalue weighted by atomic mass is 9.84. The van der Waals surface area contributed by atoms with Gasteiger partial charge >= 0.3 is 0 Å². The number of benzene rings is 1. The van der Waals surface area contributed by atoms with E-state index in [-0.39, 0.29) is 0 Å². The highest BCUT2D eigenvalue weighted by molar-refractivity contribution is 5.84. The third-order valence-corrected chi connectivity index (χ3v) is 3.88. The summed E-state index contributed by atoms with van der Waals surface area (Å²) in [7, 11) is 0. The van der Waals surface area contributed by atoms with Crippen LogP contribution in [-0.2, 0) is 6.42 Å². The lowest BCUT2D eigenvalue weighted by Crippen LogP contribution is -2.07. The van der Waals surface area contributed by atoms with Crippen LogP contribution in [-0.4, -0.2) is 0 Å². The van der Waals surface area contributed by atoms with Crippen LogP contribution >= 0.6 is 0 Å². The van der Waals surface area contributed by atoms with E-state index < -0.39 is 0 Å². The summed E-state index contributed by atoms with van der Waals surface area (Å²) in [5.41, 5.74) is 4.05. The predicted octanol–water partition coefficient (Wildman–Crippen LogP) is 5.14. The van der Waals surface area contributed by atoms with Crippen LogP contribution in [0.3, 0.4) is 0 Å². The van der Waals surface area contributed by atoms with Crippen molar-refractivity contribution >= 4 is 11.6 Å². The van der Waals surface area contributed by atoms with Gasteiger partial charge in [0.15, 0.2) is 0 Å². The van der Waals surface area contributed by atoms with E-state index in [4.69, 9.17) is 4.42 Å². The minimum atomic E-state index is 0.453. The van der Waals surface area contributed by atoms with Gasteiger partial charge in [-0.1, -0.05) is 51.1 Å². The molecule has 98 valence electrons. The Kier molecular flexibility index (Phi) is 3.06. The molecule has 0 fully saturated rings. The lowest BCUT2D eigenvalue weighted by Gasteiger charge is -2.20. The van der Waals surface area contributed by atoms with Crippen molar-refractivity contribution < 1.29 is 4.42 Å². The zero-order valence-corrected chi connectivity index (χ0v) is 11.8.